The average Bonchev–Trinajstić information content (AvgIpc) is 3.30. The van der Waals surface area contributed by atoms with Crippen molar-refractivity contribution in [1.82, 2.24) is 9.88 Å². The monoisotopic (exact) mass is 491 g/mol. The molecule has 1 amide bonds. The molecule has 0 unspecified atom stereocenters. The van der Waals surface area contributed by atoms with E-state index in [2.05, 4.69) is 9.88 Å². The predicted molar refractivity (Wildman–Crippen MR) is 126 cm³/mol. The minimum Gasteiger partial charge on any atom is -0.444 e. The van der Waals surface area contributed by atoms with Crippen molar-refractivity contribution in [3.8, 4) is 0 Å². The zero-order chi connectivity index (χ0) is 25.6. The van der Waals surface area contributed by atoms with E-state index in [-0.39, 0.29) is 13.1 Å². The van der Waals surface area contributed by atoms with Crippen LogP contribution >= 0.6 is 0 Å². The lowest BCUT2D eigenvalue weighted by atomic mass is 9.62. The highest BCUT2D eigenvalue weighted by atomic mass is 19.4. The zero-order valence-electron chi connectivity index (χ0n) is 20.5. The minimum absolute atomic E-state index is 0.174. The van der Waals surface area contributed by atoms with Gasteiger partial charge in [-0.2, -0.15) is 13.2 Å². The summed E-state index contributed by atoms with van der Waals surface area (Å²) in [7, 11) is 0. The summed E-state index contributed by atoms with van der Waals surface area (Å²) in [6, 6.07) is 6.44. The lowest BCUT2D eigenvalue weighted by Crippen LogP contribution is -2.66. The highest BCUT2D eigenvalue weighted by molar-refractivity contribution is 5.70. The van der Waals surface area contributed by atoms with Crippen LogP contribution in [0, 0.1) is 5.41 Å². The number of aliphatic hydroxyl groups is 1. The Morgan fingerprint density at radius 2 is 1.57 bits per heavy atom. The van der Waals surface area contributed by atoms with Crippen LogP contribution < -0.4 is 4.90 Å². The van der Waals surface area contributed by atoms with Gasteiger partial charge in [-0.25, -0.2) is 4.79 Å². The molecule has 0 radical (unpaired) electrons. The number of aromatic nitrogens is 1. The molecule has 1 N–H and O–H groups in total. The third-order valence-electron chi connectivity index (χ3n) is 6.85. The maximum atomic E-state index is 13.2. The van der Waals surface area contributed by atoms with E-state index in [9.17, 15) is 23.1 Å². The average molecular weight is 492 g/mol. The molecule has 0 saturated carbocycles. The molecule has 3 heterocycles. The zero-order valence-corrected chi connectivity index (χ0v) is 20.5. The Labute approximate surface area is 203 Å². The third kappa shape index (κ3) is 4.83. The molecule has 0 spiro atoms. The van der Waals surface area contributed by atoms with Gasteiger partial charge in [-0.1, -0.05) is 19.1 Å². The molecule has 1 atom stereocenters. The second-order valence-electron chi connectivity index (χ2n) is 10.8. The van der Waals surface area contributed by atoms with Crippen LogP contribution in [0.25, 0.3) is 0 Å². The summed E-state index contributed by atoms with van der Waals surface area (Å²) in [6.45, 7) is 9.27. The van der Waals surface area contributed by atoms with Gasteiger partial charge in [0.2, 0.25) is 0 Å². The maximum absolute atomic E-state index is 13.2. The van der Waals surface area contributed by atoms with Crippen molar-refractivity contribution in [1.29, 1.82) is 0 Å². The fraction of sp³-hybridized carbons (Fsp3) is 0.538. The van der Waals surface area contributed by atoms with E-state index in [4.69, 9.17) is 4.74 Å². The summed E-state index contributed by atoms with van der Waals surface area (Å²) in [6.07, 6.45) is 0.443. The first-order chi connectivity index (χ1) is 16.2. The quantitative estimate of drug-likeness (QED) is 0.638. The fourth-order valence-electron chi connectivity index (χ4n) is 5.02. The molecular formula is C26H32F3N3O3. The molecule has 2 aliphatic heterocycles. The number of likely N-dealkylation sites (tertiary alicyclic amines) is 1. The largest absolute Gasteiger partial charge is 0.444 e. The number of pyridine rings is 1. The smallest absolute Gasteiger partial charge is 0.416 e. The normalized spacial score (nSPS) is 19.8. The molecule has 2 aliphatic rings. The summed E-state index contributed by atoms with van der Waals surface area (Å²) in [5.74, 6) is 0. The molecule has 35 heavy (non-hydrogen) atoms. The molecule has 6 nitrogen and oxygen atoms in total. The first-order valence-electron chi connectivity index (χ1n) is 11.8. The fourth-order valence-corrected chi connectivity index (χ4v) is 5.02. The number of hydrogen-bond donors (Lipinski definition) is 1. The van der Waals surface area contributed by atoms with Gasteiger partial charge in [0.05, 0.1) is 17.4 Å². The number of alkyl halides is 3. The van der Waals surface area contributed by atoms with Gasteiger partial charge in [0, 0.05) is 43.4 Å². The van der Waals surface area contributed by atoms with Crippen molar-refractivity contribution in [2.24, 2.45) is 5.41 Å². The first-order valence-corrected chi connectivity index (χ1v) is 11.8. The molecule has 1 aromatic carbocycles. The van der Waals surface area contributed by atoms with Crippen molar-refractivity contribution >= 4 is 11.8 Å². The first kappa shape index (κ1) is 25.3. The Bertz CT molecular complexity index is 1070. The molecule has 2 saturated heterocycles. The summed E-state index contributed by atoms with van der Waals surface area (Å²) in [5, 5.41) is 12.3. The Hall–Kier alpha value is -2.81. The number of carbonyl (C=O) groups excluding carboxylic acids is 1. The number of carbonyl (C=O) groups is 1. The van der Waals surface area contributed by atoms with E-state index in [1.165, 1.54) is 17.0 Å². The lowest BCUT2D eigenvalue weighted by Gasteiger charge is -2.56. The number of rotatable bonds is 4. The number of nitrogens with zero attached hydrogens (tertiary/aromatic N) is 3. The molecule has 2 aromatic rings. The van der Waals surface area contributed by atoms with Crippen molar-refractivity contribution in [2.45, 2.75) is 57.9 Å². The summed E-state index contributed by atoms with van der Waals surface area (Å²) < 4.78 is 45.1. The highest BCUT2D eigenvalue weighted by Gasteiger charge is 2.58. The van der Waals surface area contributed by atoms with Crippen molar-refractivity contribution < 1.29 is 27.8 Å². The van der Waals surface area contributed by atoms with Crippen LogP contribution in [0.3, 0.4) is 0 Å². The van der Waals surface area contributed by atoms with E-state index in [1.807, 2.05) is 13.0 Å². The molecular weight excluding hydrogens is 459 g/mol. The van der Waals surface area contributed by atoms with E-state index in [0.29, 0.717) is 11.1 Å². The van der Waals surface area contributed by atoms with Gasteiger partial charge in [-0.05, 0) is 57.4 Å². The molecule has 4 rings (SSSR count). The standard InChI is InChI=1S/C26H32F3N3O3/c1-23(2,3)35-22(33)32-16-24(4,17-32)25(34,18-7-9-19(10-8-18)26(27,28)29)20-13-21(15-30-14-20)31-11-5-6-12-31/h7-10,13-15,34H,5-6,11-12,16-17H2,1-4H3/t25-/m0/s1. The summed E-state index contributed by atoms with van der Waals surface area (Å²) in [4.78, 5) is 20.6. The highest BCUT2D eigenvalue weighted by Crippen LogP contribution is 2.51. The Balaban J connectivity index is 1.72. The number of hydrogen-bond acceptors (Lipinski definition) is 5. The van der Waals surface area contributed by atoms with Gasteiger partial charge in [0.25, 0.3) is 0 Å². The summed E-state index contributed by atoms with van der Waals surface area (Å²) >= 11 is 0. The van der Waals surface area contributed by atoms with Crippen LogP contribution in [0.4, 0.5) is 23.7 Å². The maximum Gasteiger partial charge on any atom is 0.416 e. The topological polar surface area (TPSA) is 65.9 Å². The molecule has 1 aromatic heterocycles. The number of anilines is 1. The van der Waals surface area contributed by atoms with Gasteiger partial charge >= 0.3 is 12.3 Å². The van der Waals surface area contributed by atoms with Gasteiger partial charge in [-0.3, -0.25) is 4.98 Å². The van der Waals surface area contributed by atoms with Gasteiger partial charge in [0.1, 0.15) is 11.2 Å². The molecule has 2 fully saturated rings. The van der Waals surface area contributed by atoms with Crippen LogP contribution in [0.2, 0.25) is 0 Å². The van der Waals surface area contributed by atoms with Crippen LogP contribution in [0.5, 0.6) is 0 Å². The number of halogens is 3. The Morgan fingerprint density at radius 1 is 1.00 bits per heavy atom. The number of amides is 1. The second kappa shape index (κ2) is 8.69. The number of ether oxygens (including phenoxy) is 1. The van der Waals surface area contributed by atoms with Gasteiger partial charge in [-0.15, -0.1) is 0 Å². The Kier molecular flexibility index (Phi) is 6.28. The third-order valence-corrected chi connectivity index (χ3v) is 6.85. The molecule has 190 valence electrons. The molecule has 0 aliphatic carbocycles. The molecule has 9 heteroatoms. The van der Waals surface area contributed by atoms with Crippen molar-refractivity contribution in [3.05, 3.63) is 59.4 Å². The van der Waals surface area contributed by atoms with E-state index < -0.39 is 34.5 Å². The van der Waals surface area contributed by atoms with E-state index in [1.54, 1.807) is 33.2 Å². The lowest BCUT2D eigenvalue weighted by molar-refractivity contribution is -0.138. The van der Waals surface area contributed by atoms with Crippen molar-refractivity contribution in [2.75, 3.05) is 31.1 Å². The SMILES string of the molecule is CC(C)(C)OC(=O)N1CC(C)([C@](O)(c2ccc(C(F)(F)F)cc2)c2cncc(N3CCCC3)c2)C1. The Morgan fingerprint density at radius 3 is 2.11 bits per heavy atom. The predicted octanol–water partition coefficient (Wildman–Crippen LogP) is 5.19. The second-order valence-corrected chi connectivity index (χ2v) is 10.8. The van der Waals surface area contributed by atoms with E-state index >= 15 is 0 Å². The molecule has 0 bridgehead atoms. The van der Waals surface area contributed by atoms with Crippen LogP contribution in [0.15, 0.2) is 42.7 Å². The van der Waals surface area contributed by atoms with E-state index in [0.717, 1.165) is 43.8 Å². The summed E-state index contributed by atoms with van der Waals surface area (Å²) in [5.41, 5.74) is -2.36. The van der Waals surface area contributed by atoms with Crippen LogP contribution in [0.1, 0.15) is 57.2 Å². The van der Waals surface area contributed by atoms with Gasteiger partial charge < -0.3 is 19.6 Å². The van der Waals surface area contributed by atoms with Crippen molar-refractivity contribution in [3.63, 3.8) is 0 Å². The van der Waals surface area contributed by atoms with Gasteiger partial charge in [0.15, 0.2) is 0 Å². The minimum atomic E-state index is -4.48. The number of benzene rings is 1. The van der Waals surface area contributed by atoms with Crippen LogP contribution in [-0.4, -0.2) is 52.9 Å². The van der Waals surface area contributed by atoms with Crippen LogP contribution in [-0.2, 0) is 16.5 Å².